The number of rotatable bonds is 6. The van der Waals surface area contributed by atoms with E-state index in [1.165, 1.54) is 0 Å². The molecule has 0 bridgehead atoms. The topological polar surface area (TPSA) is 92.2 Å². The zero-order chi connectivity index (χ0) is 17.6. The maximum atomic E-state index is 11.5. The van der Waals surface area contributed by atoms with Crippen molar-refractivity contribution in [3.63, 3.8) is 0 Å². The largest absolute Gasteiger partial charge is 0.494 e. The summed E-state index contributed by atoms with van der Waals surface area (Å²) in [6.07, 6.45) is 4.43. The average Bonchev–Trinajstić information content (AvgIpc) is 2.65. The van der Waals surface area contributed by atoms with Gasteiger partial charge in [0.15, 0.2) is 0 Å². The van der Waals surface area contributed by atoms with Gasteiger partial charge in [-0.25, -0.2) is 5.26 Å². The van der Waals surface area contributed by atoms with Crippen LogP contribution in [0.15, 0.2) is 30.5 Å². The van der Waals surface area contributed by atoms with Gasteiger partial charge in [-0.3, -0.25) is 9.78 Å². The number of hydrogen-bond acceptors (Lipinski definition) is 5. The van der Waals surface area contributed by atoms with Crippen LogP contribution in [0.25, 0.3) is 10.9 Å². The number of pyridine rings is 1. The summed E-state index contributed by atoms with van der Waals surface area (Å²) in [6.45, 7) is 3.78. The second kappa shape index (κ2) is 7.99. The third kappa shape index (κ3) is 4.28. The van der Waals surface area contributed by atoms with Gasteiger partial charge in [0.25, 0.3) is 6.71 Å². The van der Waals surface area contributed by atoms with Gasteiger partial charge in [0.2, 0.25) is 5.91 Å². The van der Waals surface area contributed by atoms with Crippen LogP contribution < -0.4 is 10.5 Å². The lowest BCUT2D eigenvalue weighted by molar-refractivity contribution is 0.100. The molecule has 128 valence electrons. The second-order valence-electron chi connectivity index (χ2n) is 6.35. The lowest BCUT2D eigenvalue weighted by Gasteiger charge is -2.27. The van der Waals surface area contributed by atoms with E-state index in [0.29, 0.717) is 23.3 Å². The summed E-state index contributed by atoms with van der Waals surface area (Å²) in [4.78, 5) is 18.2. The number of nitriles is 1. The average molecular weight is 336 g/mol. The Kier molecular flexibility index (Phi) is 5.51. The van der Waals surface area contributed by atoms with E-state index in [1.54, 1.807) is 12.3 Å². The van der Waals surface area contributed by atoms with E-state index in [2.05, 4.69) is 15.9 Å². The number of nitrogens with two attached hydrogens (primary N) is 1. The molecule has 1 saturated heterocycles. The van der Waals surface area contributed by atoms with E-state index in [4.69, 9.17) is 15.7 Å². The van der Waals surface area contributed by atoms with Gasteiger partial charge in [0.05, 0.1) is 17.7 Å². The molecule has 1 aromatic heterocycles. The van der Waals surface area contributed by atoms with Gasteiger partial charge >= 0.3 is 0 Å². The number of primary amides is 1. The van der Waals surface area contributed by atoms with Gasteiger partial charge in [-0.2, -0.15) is 0 Å². The first-order valence-electron chi connectivity index (χ1n) is 8.60. The van der Waals surface area contributed by atoms with Crippen LogP contribution in [-0.2, 0) is 0 Å². The first-order valence-corrected chi connectivity index (χ1v) is 8.60. The third-order valence-electron chi connectivity index (χ3n) is 4.64. The molecule has 6 nitrogen and oxygen atoms in total. The summed E-state index contributed by atoms with van der Waals surface area (Å²) >= 11 is 0. The Morgan fingerprint density at radius 1 is 1.36 bits per heavy atom. The van der Waals surface area contributed by atoms with Crippen LogP contribution in [0.3, 0.4) is 0 Å². The Morgan fingerprint density at radius 2 is 2.16 bits per heavy atom. The van der Waals surface area contributed by atoms with Gasteiger partial charge in [-0.1, -0.05) is 0 Å². The highest BCUT2D eigenvalue weighted by Gasteiger charge is 2.21. The molecule has 0 saturated carbocycles. The Morgan fingerprint density at radius 3 is 2.88 bits per heavy atom. The SMILES string of the molecule is N#CB1CCN(CCCOc2ccc3nccc(C(N)=O)c3c2)CC1. The Labute approximate surface area is 147 Å². The fourth-order valence-electron chi connectivity index (χ4n) is 3.19. The van der Waals surface area contributed by atoms with E-state index in [9.17, 15) is 4.79 Å². The predicted octanol–water partition coefficient (Wildman–Crippen LogP) is 1.98. The van der Waals surface area contributed by atoms with Gasteiger partial charge in [-0.15, -0.1) is 0 Å². The molecule has 0 radical (unpaired) electrons. The third-order valence-corrected chi connectivity index (χ3v) is 4.64. The van der Waals surface area contributed by atoms with Crippen molar-refractivity contribution < 1.29 is 9.53 Å². The molecular weight excluding hydrogens is 315 g/mol. The molecule has 3 rings (SSSR count). The molecular formula is C18H21BN4O2. The van der Waals surface area contributed by atoms with Crippen LogP contribution in [0.5, 0.6) is 5.75 Å². The van der Waals surface area contributed by atoms with Crippen LogP contribution in [0, 0.1) is 11.2 Å². The fraction of sp³-hybridized carbons (Fsp3) is 0.389. The molecule has 1 aliphatic rings. The van der Waals surface area contributed by atoms with Gasteiger partial charge < -0.3 is 15.4 Å². The molecule has 2 heterocycles. The maximum absolute atomic E-state index is 11.5. The Hall–Kier alpha value is -2.59. The van der Waals surface area contributed by atoms with E-state index in [0.717, 1.165) is 44.2 Å². The molecule has 1 aromatic carbocycles. The molecule has 0 spiro atoms. The molecule has 2 aromatic rings. The Bertz CT molecular complexity index is 797. The summed E-state index contributed by atoms with van der Waals surface area (Å²) in [5.41, 5.74) is 6.60. The van der Waals surface area contributed by atoms with E-state index in [-0.39, 0.29) is 6.71 Å². The summed E-state index contributed by atoms with van der Waals surface area (Å²) in [5.74, 6) is 2.60. The van der Waals surface area contributed by atoms with E-state index < -0.39 is 5.91 Å². The molecule has 0 aliphatic carbocycles. The molecule has 2 N–H and O–H groups in total. The minimum absolute atomic E-state index is 0.221. The van der Waals surface area contributed by atoms with Crippen molar-refractivity contribution in [1.29, 1.82) is 5.26 Å². The molecule has 1 aliphatic heterocycles. The van der Waals surface area contributed by atoms with Gasteiger partial charge in [-0.05, 0) is 56.4 Å². The van der Waals surface area contributed by atoms with Crippen LogP contribution in [0.1, 0.15) is 16.8 Å². The van der Waals surface area contributed by atoms with Crippen LogP contribution in [0.4, 0.5) is 0 Å². The standard InChI is InChI=1S/C18H21BN4O2/c20-13-19-5-9-23(10-6-19)8-1-11-25-14-2-3-17-16(12-14)15(18(21)24)4-7-22-17/h2-4,7,12H,1,5-6,8-11H2,(H2,21,24). The number of amides is 1. The normalized spacial score (nSPS) is 15.1. The molecule has 7 heteroatoms. The van der Waals surface area contributed by atoms with Crippen molar-refractivity contribution in [1.82, 2.24) is 9.88 Å². The number of fused-ring (bicyclic) bond motifs is 1. The van der Waals surface area contributed by atoms with Gasteiger partial charge in [0, 0.05) is 24.1 Å². The highest BCUT2D eigenvalue weighted by molar-refractivity contribution is 6.67. The monoisotopic (exact) mass is 336 g/mol. The Balaban J connectivity index is 1.53. The lowest BCUT2D eigenvalue weighted by Crippen LogP contribution is -2.37. The maximum Gasteiger partial charge on any atom is 0.270 e. The van der Waals surface area contributed by atoms with Crippen LogP contribution in [-0.4, -0.2) is 48.7 Å². The van der Waals surface area contributed by atoms with Crippen LogP contribution in [0.2, 0.25) is 12.6 Å². The number of hydrogen-bond donors (Lipinski definition) is 1. The predicted molar refractivity (Wildman–Crippen MR) is 97.8 cm³/mol. The van der Waals surface area contributed by atoms with E-state index >= 15 is 0 Å². The molecule has 1 fully saturated rings. The zero-order valence-electron chi connectivity index (χ0n) is 14.1. The second-order valence-corrected chi connectivity index (χ2v) is 6.35. The quantitative estimate of drug-likeness (QED) is 0.643. The number of ether oxygens (including phenoxy) is 1. The van der Waals surface area contributed by atoms with Crippen LogP contribution >= 0.6 is 0 Å². The highest BCUT2D eigenvalue weighted by Crippen LogP contribution is 2.22. The molecule has 25 heavy (non-hydrogen) atoms. The van der Waals surface area contributed by atoms with Crippen molar-refractivity contribution in [2.75, 3.05) is 26.2 Å². The van der Waals surface area contributed by atoms with Crippen molar-refractivity contribution in [2.45, 2.75) is 19.1 Å². The zero-order valence-corrected chi connectivity index (χ0v) is 14.1. The number of carbonyl (C=O) groups excluding carboxylic acids is 1. The van der Waals surface area contributed by atoms with Crippen molar-refractivity contribution in [3.8, 4) is 11.7 Å². The van der Waals surface area contributed by atoms with Crippen molar-refractivity contribution >= 4 is 23.5 Å². The summed E-state index contributed by atoms with van der Waals surface area (Å²) in [6, 6.07) is 7.14. The highest BCUT2D eigenvalue weighted by atomic mass is 16.5. The van der Waals surface area contributed by atoms with Crippen molar-refractivity contribution in [2.24, 2.45) is 5.73 Å². The van der Waals surface area contributed by atoms with E-state index in [1.807, 2.05) is 18.2 Å². The van der Waals surface area contributed by atoms with Gasteiger partial charge in [0.1, 0.15) is 5.75 Å². The lowest BCUT2D eigenvalue weighted by atomic mass is 9.45. The molecule has 0 unspecified atom stereocenters. The smallest absolute Gasteiger partial charge is 0.270 e. The minimum Gasteiger partial charge on any atom is -0.494 e. The summed E-state index contributed by atoms with van der Waals surface area (Å²) in [7, 11) is 0. The fourth-order valence-corrected chi connectivity index (χ4v) is 3.19. The first-order chi connectivity index (χ1) is 12.2. The number of nitrogens with zero attached hydrogens (tertiary/aromatic N) is 3. The molecule has 0 atom stereocenters. The number of aromatic nitrogens is 1. The summed E-state index contributed by atoms with van der Waals surface area (Å²) in [5, 5.41) is 9.64. The molecule has 1 amide bonds. The van der Waals surface area contributed by atoms with Crippen molar-refractivity contribution in [3.05, 3.63) is 36.0 Å². The number of benzene rings is 1. The summed E-state index contributed by atoms with van der Waals surface area (Å²) < 4.78 is 5.82. The minimum atomic E-state index is -0.467. The first kappa shape index (κ1) is 17.2. The number of carbonyl (C=O) groups is 1.